The Bertz CT molecular complexity index is 350. The van der Waals surface area contributed by atoms with Crippen molar-refractivity contribution >= 4 is 11.0 Å². The first-order valence-corrected chi connectivity index (χ1v) is 5.26. The predicted octanol–water partition coefficient (Wildman–Crippen LogP) is 0.742. The number of fused-ring (bicyclic) bond motifs is 1. The van der Waals surface area contributed by atoms with E-state index in [0.717, 1.165) is 37.2 Å². The number of hydrogen-bond acceptors (Lipinski definition) is 3. The van der Waals surface area contributed by atoms with Crippen LogP contribution in [0.25, 0.3) is 11.0 Å². The van der Waals surface area contributed by atoms with Crippen molar-refractivity contribution in [2.75, 3.05) is 26.2 Å². The van der Waals surface area contributed by atoms with E-state index in [4.69, 9.17) is 0 Å². The topological polar surface area (TPSA) is 52.7 Å². The number of nitrogens with zero attached hydrogens (tertiary/aromatic N) is 1. The molecule has 2 aromatic rings. The molecule has 15 heavy (non-hydrogen) atoms. The number of rotatable bonds is 0. The Kier molecular flexibility index (Phi) is 3.70. The van der Waals surface area contributed by atoms with Gasteiger partial charge < -0.3 is 15.6 Å². The normalized spacial score (nSPS) is 15.7. The number of aromatic nitrogens is 2. The minimum absolute atomic E-state index is 0.956. The number of nitrogens with one attached hydrogen (secondary N) is 3. The van der Waals surface area contributed by atoms with E-state index in [2.05, 4.69) is 20.6 Å². The molecule has 0 unspecified atom stereocenters. The maximum Gasteiger partial charge on any atom is 0.137 e. The molecule has 0 bridgehead atoms. The molecule has 3 N–H and O–H groups in total. The SMILES string of the molecule is C1CNCCN1.c1cnc2[nH]ccc2c1. The standard InChI is InChI=1S/C7H6N2.C4H10N2/c1-2-6-3-5-9-7(6)8-4-1;1-2-6-4-3-5-1/h1-5H,(H,8,9);5-6H,1-4H2. The van der Waals surface area contributed by atoms with E-state index in [0.29, 0.717) is 0 Å². The van der Waals surface area contributed by atoms with Gasteiger partial charge in [-0.05, 0) is 18.2 Å². The van der Waals surface area contributed by atoms with E-state index < -0.39 is 0 Å². The molecule has 3 heterocycles. The first-order valence-electron chi connectivity index (χ1n) is 5.26. The summed E-state index contributed by atoms with van der Waals surface area (Å²) in [5.74, 6) is 0. The molecule has 4 nitrogen and oxygen atoms in total. The number of piperazine rings is 1. The Labute approximate surface area is 89.1 Å². The molecule has 0 aliphatic carbocycles. The van der Waals surface area contributed by atoms with Gasteiger partial charge in [0, 0.05) is 44.0 Å². The van der Waals surface area contributed by atoms with Crippen LogP contribution in [0.2, 0.25) is 0 Å². The van der Waals surface area contributed by atoms with Crippen LogP contribution in [0.4, 0.5) is 0 Å². The third kappa shape index (κ3) is 3.04. The second-order valence-corrected chi connectivity index (χ2v) is 3.42. The van der Waals surface area contributed by atoms with Crippen LogP contribution in [0.1, 0.15) is 0 Å². The lowest BCUT2D eigenvalue weighted by atomic mass is 10.3. The van der Waals surface area contributed by atoms with Crippen LogP contribution >= 0.6 is 0 Å². The molecule has 3 rings (SSSR count). The summed E-state index contributed by atoms with van der Waals surface area (Å²) in [6, 6.07) is 5.96. The fourth-order valence-electron chi connectivity index (χ4n) is 1.49. The zero-order valence-electron chi connectivity index (χ0n) is 8.66. The molecule has 80 valence electrons. The number of H-pyrrole nitrogens is 1. The van der Waals surface area contributed by atoms with Gasteiger partial charge in [-0.15, -0.1) is 0 Å². The molecule has 1 saturated heterocycles. The lowest BCUT2D eigenvalue weighted by Gasteiger charge is -2.11. The molecular formula is C11H16N4. The maximum absolute atomic E-state index is 4.09. The van der Waals surface area contributed by atoms with Crippen LogP contribution in [0.5, 0.6) is 0 Å². The average Bonchev–Trinajstić information content (AvgIpc) is 2.80. The molecule has 0 atom stereocenters. The Morgan fingerprint density at radius 2 is 1.73 bits per heavy atom. The second kappa shape index (κ2) is 5.48. The van der Waals surface area contributed by atoms with Gasteiger partial charge in [0.05, 0.1) is 0 Å². The highest BCUT2D eigenvalue weighted by atomic mass is 15.0. The van der Waals surface area contributed by atoms with Crippen LogP contribution in [-0.4, -0.2) is 36.1 Å². The molecule has 2 aromatic heterocycles. The zero-order chi connectivity index (χ0) is 10.3. The lowest BCUT2D eigenvalue weighted by molar-refractivity contribution is 0.534. The highest BCUT2D eigenvalue weighted by molar-refractivity contribution is 5.74. The fourth-order valence-corrected chi connectivity index (χ4v) is 1.49. The van der Waals surface area contributed by atoms with Gasteiger partial charge in [0.2, 0.25) is 0 Å². The van der Waals surface area contributed by atoms with Gasteiger partial charge in [-0.3, -0.25) is 0 Å². The summed E-state index contributed by atoms with van der Waals surface area (Å²) in [4.78, 5) is 7.09. The summed E-state index contributed by atoms with van der Waals surface area (Å²) >= 11 is 0. The number of aromatic amines is 1. The van der Waals surface area contributed by atoms with Crippen molar-refractivity contribution in [1.29, 1.82) is 0 Å². The van der Waals surface area contributed by atoms with Crippen LogP contribution in [0.15, 0.2) is 30.6 Å². The van der Waals surface area contributed by atoms with Crippen LogP contribution in [-0.2, 0) is 0 Å². The molecule has 4 heteroatoms. The summed E-state index contributed by atoms with van der Waals surface area (Å²) in [5, 5.41) is 7.61. The molecule has 0 saturated carbocycles. The van der Waals surface area contributed by atoms with Crippen molar-refractivity contribution < 1.29 is 0 Å². The van der Waals surface area contributed by atoms with Crippen molar-refractivity contribution in [3.63, 3.8) is 0 Å². The highest BCUT2D eigenvalue weighted by Crippen LogP contribution is 2.05. The Morgan fingerprint density at radius 1 is 1.00 bits per heavy atom. The quantitative estimate of drug-likeness (QED) is 0.593. The fraction of sp³-hybridized carbons (Fsp3) is 0.364. The zero-order valence-corrected chi connectivity index (χ0v) is 8.66. The molecule has 0 aromatic carbocycles. The predicted molar refractivity (Wildman–Crippen MR) is 61.8 cm³/mol. The maximum atomic E-state index is 4.09. The minimum atomic E-state index is 0.956. The molecule has 0 amide bonds. The molecule has 1 aliphatic rings. The van der Waals surface area contributed by atoms with E-state index >= 15 is 0 Å². The Balaban J connectivity index is 0.000000124. The van der Waals surface area contributed by atoms with Crippen molar-refractivity contribution in [1.82, 2.24) is 20.6 Å². The van der Waals surface area contributed by atoms with Gasteiger partial charge in [-0.25, -0.2) is 4.98 Å². The smallest absolute Gasteiger partial charge is 0.137 e. The molecule has 0 radical (unpaired) electrons. The van der Waals surface area contributed by atoms with Gasteiger partial charge in [-0.1, -0.05) is 0 Å². The third-order valence-electron chi connectivity index (χ3n) is 2.28. The molecule has 0 spiro atoms. The van der Waals surface area contributed by atoms with Crippen molar-refractivity contribution in [2.24, 2.45) is 0 Å². The minimum Gasteiger partial charge on any atom is -0.346 e. The van der Waals surface area contributed by atoms with E-state index in [1.165, 1.54) is 0 Å². The van der Waals surface area contributed by atoms with Crippen molar-refractivity contribution in [3.05, 3.63) is 30.6 Å². The largest absolute Gasteiger partial charge is 0.346 e. The summed E-state index contributed by atoms with van der Waals surface area (Å²) < 4.78 is 0. The van der Waals surface area contributed by atoms with Crippen molar-refractivity contribution in [3.8, 4) is 0 Å². The third-order valence-corrected chi connectivity index (χ3v) is 2.28. The van der Waals surface area contributed by atoms with E-state index in [1.807, 2.05) is 24.4 Å². The summed E-state index contributed by atoms with van der Waals surface area (Å²) in [6.45, 7) is 4.56. The monoisotopic (exact) mass is 204 g/mol. The summed E-state index contributed by atoms with van der Waals surface area (Å²) in [7, 11) is 0. The molecular weight excluding hydrogens is 188 g/mol. The van der Waals surface area contributed by atoms with E-state index in [9.17, 15) is 0 Å². The van der Waals surface area contributed by atoms with Crippen LogP contribution < -0.4 is 10.6 Å². The van der Waals surface area contributed by atoms with Gasteiger partial charge in [0.25, 0.3) is 0 Å². The van der Waals surface area contributed by atoms with Gasteiger partial charge in [-0.2, -0.15) is 0 Å². The van der Waals surface area contributed by atoms with Crippen molar-refractivity contribution in [2.45, 2.75) is 0 Å². The van der Waals surface area contributed by atoms with Gasteiger partial charge >= 0.3 is 0 Å². The average molecular weight is 204 g/mol. The van der Waals surface area contributed by atoms with Gasteiger partial charge in [0.1, 0.15) is 5.65 Å². The first-order chi connectivity index (χ1) is 7.47. The Hall–Kier alpha value is -1.39. The lowest BCUT2D eigenvalue weighted by Crippen LogP contribution is -2.39. The second-order valence-electron chi connectivity index (χ2n) is 3.42. The summed E-state index contributed by atoms with van der Waals surface area (Å²) in [6.07, 6.45) is 3.66. The van der Waals surface area contributed by atoms with Gasteiger partial charge in [0.15, 0.2) is 0 Å². The van der Waals surface area contributed by atoms with Crippen LogP contribution in [0.3, 0.4) is 0 Å². The molecule has 1 fully saturated rings. The Morgan fingerprint density at radius 3 is 2.33 bits per heavy atom. The highest BCUT2D eigenvalue weighted by Gasteiger charge is 1.91. The summed E-state index contributed by atoms with van der Waals surface area (Å²) in [5.41, 5.74) is 0.956. The van der Waals surface area contributed by atoms with E-state index in [-0.39, 0.29) is 0 Å². The number of hydrogen-bond donors (Lipinski definition) is 3. The number of pyridine rings is 1. The molecule has 1 aliphatic heterocycles. The van der Waals surface area contributed by atoms with Crippen LogP contribution in [0, 0.1) is 0 Å². The first kappa shape index (κ1) is 10.1. The van der Waals surface area contributed by atoms with E-state index in [1.54, 1.807) is 6.20 Å².